The van der Waals surface area contributed by atoms with Crippen LogP contribution in [-0.4, -0.2) is 47.3 Å². The van der Waals surface area contributed by atoms with E-state index >= 15 is 0 Å². The minimum Gasteiger partial charge on any atom is -0.383 e. The Morgan fingerprint density at radius 2 is 2.20 bits per heavy atom. The Labute approximate surface area is 118 Å². The molecule has 1 unspecified atom stereocenters. The molecule has 5 nitrogen and oxygen atoms in total. The van der Waals surface area contributed by atoms with Gasteiger partial charge in [-0.15, -0.1) is 0 Å². The predicted molar refractivity (Wildman–Crippen MR) is 73.8 cm³/mol. The second-order valence-electron chi connectivity index (χ2n) is 5.60. The van der Waals surface area contributed by atoms with Gasteiger partial charge >= 0.3 is 0 Å². The molecule has 3 rings (SSSR count). The van der Waals surface area contributed by atoms with Crippen LogP contribution in [0, 0.1) is 0 Å². The first-order valence-electron chi connectivity index (χ1n) is 6.99. The van der Waals surface area contributed by atoms with Crippen molar-refractivity contribution in [3.8, 4) is 0 Å². The average Bonchev–Trinajstić information content (AvgIpc) is 2.94. The van der Waals surface area contributed by atoms with E-state index in [1.807, 2.05) is 23.2 Å². The lowest BCUT2D eigenvalue weighted by Gasteiger charge is -2.40. The van der Waals surface area contributed by atoms with Crippen LogP contribution in [-0.2, 0) is 10.5 Å². The largest absolute Gasteiger partial charge is 0.383 e. The molecule has 0 bridgehead atoms. The molecule has 20 heavy (non-hydrogen) atoms. The summed E-state index contributed by atoms with van der Waals surface area (Å²) in [5, 5.41) is 14.3. The Morgan fingerprint density at radius 1 is 1.45 bits per heavy atom. The second-order valence-corrected chi connectivity index (χ2v) is 5.60. The number of carbonyl (C=O) groups is 1. The maximum Gasteiger partial charge on any atom is 0.271 e. The molecule has 0 aliphatic carbocycles. The molecule has 0 aromatic heterocycles. The molecule has 1 aromatic rings. The predicted octanol–water partition coefficient (Wildman–Crippen LogP) is 1.33. The number of fused-ring (bicyclic) bond motifs is 1. The smallest absolute Gasteiger partial charge is 0.271 e. The third-order valence-electron chi connectivity index (χ3n) is 4.23. The van der Waals surface area contributed by atoms with Gasteiger partial charge in [0.05, 0.1) is 12.6 Å². The lowest BCUT2D eigenvalue weighted by molar-refractivity contribution is -0.179. The minimum absolute atomic E-state index is 0.131. The summed E-state index contributed by atoms with van der Waals surface area (Å²) in [6, 6.07) is 7.40. The van der Waals surface area contributed by atoms with Crippen molar-refractivity contribution in [1.82, 2.24) is 10.0 Å². The van der Waals surface area contributed by atoms with Crippen molar-refractivity contribution < 1.29 is 14.6 Å². The van der Waals surface area contributed by atoms with E-state index in [0.717, 1.165) is 19.4 Å². The van der Waals surface area contributed by atoms with Crippen molar-refractivity contribution in [2.24, 2.45) is 0 Å². The first kappa shape index (κ1) is 13.5. The van der Waals surface area contributed by atoms with E-state index in [4.69, 9.17) is 4.74 Å². The van der Waals surface area contributed by atoms with E-state index in [1.165, 1.54) is 5.01 Å². The van der Waals surface area contributed by atoms with E-state index in [9.17, 15) is 9.90 Å². The monoisotopic (exact) mass is 276 g/mol. The number of hydrazine groups is 1. The van der Waals surface area contributed by atoms with E-state index < -0.39 is 5.72 Å². The van der Waals surface area contributed by atoms with Crippen LogP contribution < -0.4 is 0 Å². The van der Waals surface area contributed by atoms with Crippen LogP contribution in [0.2, 0.25) is 0 Å². The van der Waals surface area contributed by atoms with Gasteiger partial charge in [-0.25, -0.2) is 10.0 Å². The molecule has 0 spiro atoms. The topological polar surface area (TPSA) is 53.0 Å². The molecule has 2 aliphatic heterocycles. The summed E-state index contributed by atoms with van der Waals surface area (Å²) in [6.45, 7) is 3.01. The van der Waals surface area contributed by atoms with Crippen molar-refractivity contribution in [2.75, 3.05) is 20.3 Å². The summed E-state index contributed by atoms with van der Waals surface area (Å²) < 4.78 is 5.23. The molecule has 1 aromatic carbocycles. The van der Waals surface area contributed by atoms with Gasteiger partial charge in [0.1, 0.15) is 0 Å². The quantitative estimate of drug-likeness (QED) is 0.905. The van der Waals surface area contributed by atoms with E-state index in [2.05, 4.69) is 0 Å². The number of methoxy groups -OCH3 is 1. The number of nitrogens with zero attached hydrogens (tertiary/aromatic N) is 2. The lowest BCUT2D eigenvalue weighted by atomic mass is 10.0. The zero-order valence-electron chi connectivity index (χ0n) is 11.9. The highest BCUT2D eigenvalue weighted by atomic mass is 16.5. The molecule has 1 fully saturated rings. The van der Waals surface area contributed by atoms with E-state index in [0.29, 0.717) is 17.7 Å². The molecule has 2 heterocycles. The van der Waals surface area contributed by atoms with Gasteiger partial charge in [-0.3, -0.25) is 4.79 Å². The summed E-state index contributed by atoms with van der Waals surface area (Å²) >= 11 is 0. The third kappa shape index (κ3) is 1.85. The summed E-state index contributed by atoms with van der Waals surface area (Å²) in [4.78, 5) is 12.6. The Hall–Kier alpha value is -1.43. The molecule has 0 radical (unpaired) electrons. The van der Waals surface area contributed by atoms with Crippen LogP contribution in [0.25, 0.3) is 0 Å². The van der Waals surface area contributed by atoms with Gasteiger partial charge in [0.2, 0.25) is 0 Å². The van der Waals surface area contributed by atoms with Crippen LogP contribution in [0.1, 0.15) is 35.7 Å². The highest BCUT2D eigenvalue weighted by Gasteiger charge is 2.50. The fraction of sp³-hybridized carbons (Fsp3) is 0.533. The fourth-order valence-corrected chi connectivity index (χ4v) is 3.32. The first-order valence-corrected chi connectivity index (χ1v) is 6.99. The maximum atomic E-state index is 12.6. The van der Waals surface area contributed by atoms with Crippen LogP contribution in [0.5, 0.6) is 0 Å². The first-order chi connectivity index (χ1) is 9.57. The molecule has 1 N–H and O–H groups in total. The molecule has 1 saturated heterocycles. The number of amides is 1. The highest BCUT2D eigenvalue weighted by Crippen LogP contribution is 2.40. The molecule has 5 heteroatoms. The number of benzene rings is 1. The average molecular weight is 276 g/mol. The Balaban J connectivity index is 1.97. The number of carbonyl (C=O) groups excluding carboxylic acids is 1. The van der Waals surface area contributed by atoms with Crippen LogP contribution in [0.15, 0.2) is 24.3 Å². The Kier molecular flexibility index (Phi) is 3.28. The van der Waals surface area contributed by atoms with Gasteiger partial charge in [-0.2, -0.15) is 0 Å². The SMILES string of the molecule is COC[C@@H]1CCCN1N1C(=O)c2ccccc2C1(C)O. The summed E-state index contributed by atoms with van der Waals surface area (Å²) in [5.74, 6) is -0.131. The summed E-state index contributed by atoms with van der Waals surface area (Å²) in [7, 11) is 1.66. The van der Waals surface area contributed by atoms with Crippen LogP contribution in [0.3, 0.4) is 0 Å². The molecule has 1 amide bonds. The van der Waals surface area contributed by atoms with Gasteiger partial charge < -0.3 is 9.84 Å². The van der Waals surface area contributed by atoms with Gasteiger partial charge in [-0.1, -0.05) is 18.2 Å². The zero-order chi connectivity index (χ0) is 14.3. The third-order valence-corrected chi connectivity index (χ3v) is 4.23. The van der Waals surface area contributed by atoms with E-state index in [1.54, 1.807) is 20.1 Å². The molecule has 108 valence electrons. The number of aliphatic hydroxyl groups is 1. The van der Waals surface area contributed by atoms with Crippen molar-refractivity contribution in [1.29, 1.82) is 0 Å². The van der Waals surface area contributed by atoms with Crippen LogP contribution in [0.4, 0.5) is 0 Å². The number of ether oxygens (including phenoxy) is 1. The molecular formula is C15H20N2O3. The fourth-order valence-electron chi connectivity index (χ4n) is 3.32. The van der Waals surface area contributed by atoms with Gasteiger partial charge in [-0.05, 0) is 25.8 Å². The molecular weight excluding hydrogens is 256 g/mol. The van der Waals surface area contributed by atoms with Crippen LogP contribution >= 0.6 is 0 Å². The van der Waals surface area contributed by atoms with Gasteiger partial charge in [0.25, 0.3) is 5.91 Å². The van der Waals surface area contributed by atoms with E-state index in [-0.39, 0.29) is 11.9 Å². The molecule has 2 atom stereocenters. The minimum atomic E-state index is -1.29. The summed E-state index contributed by atoms with van der Waals surface area (Å²) in [6.07, 6.45) is 1.98. The standard InChI is InChI=1S/C15H20N2O3/c1-15(19)13-8-4-3-7-12(13)14(18)17(15)16-9-5-6-11(16)10-20-2/h3-4,7-8,11,19H,5-6,9-10H2,1-2H3/t11-,15?/m0/s1. The zero-order valence-corrected chi connectivity index (χ0v) is 11.9. The summed E-state index contributed by atoms with van der Waals surface area (Å²) in [5.41, 5.74) is -0.0297. The second kappa shape index (κ2) is 4.84. The van der Waals surface area contributed by atoms with Crippen molar-refractivity contribution in [3.05, 3.63) is 35.4 Å². The lowest BCUT2D eigenvalue weighted by Crippen LogP contribution is -2.55. The van der Waals surface area contributed by atoms with Crippen molar-refractivity contribution >= 4 is 5.91 Å². The number of hydrogen-bond donors (Lipinski definition) is 1. The van der Waals surface area contributed by atoms with Crippen molar-refractivity contribution in [3.63, 3.8) is 0 Å². The normalized spacial score (nSPS) is 30.1. The van der Waals surface area contributed by atoms with Gasteiger partial charge in [0.15, 0.2) is 5.72 Å². The number of rotatable bonds is 3. The van der Waals surface area contributed by atoms with Crippen molar-refractivity contribution in [2.45, 2.75) is 31.5 Å². The Morgan fingerprint density at radius 3 is 2.90 bits per heavy atom. The molecule has 2 aliphatic rings. The number of hydrogen-bond acceptors (Lipinski definition) is 4. The Bertz CT molecular complexity index is 530. The molecule has 0 saturated carbocycles. The highest BCUT2D eigenvalue weighted by molar-refractivity contribution is 5.99. The maximum absolute atomic E-state index is 12.6. The van der Waals surface area contributed by atoms with Gasteiger partial charge in [0, 0.05) is 24.8 Å².